The number of amides is 1. The Kier molecular flexibility index (Phi) is 3.80. The summed E-state index contributed by atoms with van der Waals surface area (Å²) in [4.78, 5) is 17.1. The van der Waals surface area contributed by atoms with Gasteiger partial charge in [-0.05, 0) is 41.3 Å². The van der Waals surface area contributed by atoms with Crippen molar-refractivity contribution in [2.75, 3.05) is 19.7 Å². The molecule has 0 atom stereocenters. The molecular weight excluding hydrogens is 314 g/mol. The fourth-order valence-corrected chi connectivity index (χ4v) is 5.21. The fraction of sp³-hybridized carbons (Fsp3) is 0.471. The van der Waals surface area contributed by atoms with Crippen LogP contribution in [0.4, 0.5) is 0 Å². The van der Waals surface area contributed by atoms with Gasteiger partial charge in [-0.15, -0.1) is 22.7 Å². The van der Waals surface area contributed by atoms with Gasteiger partial charge in [0.1, 0.15) is 0 Å². The standard InChI is InChI=1S/C17H19NO2S2/c19-16(12-13-2-1-10-21-13)18-7-5-17(6-8-18)14-4-11-22-15(14)3-9-20-17/h1-2,4,10-11H,3,5-9,12H2. The van der Waals surface area contributed by atoms with E-state index in [-0.39, 0.29) is 11.5 Å². The maximum Gasteiger partial charge on any atom is 0.227 e. The van der Waals surface area contributed by atoms with Crippen LogP contribution in [0.15, 0.2) is 29.0 Å². The summed E-state index contributed by atoms with van der Waals surface area (Å²) >= 11 is 3.50. The van der Waals surface area contributed by atoms with Gasteiger partial charge in [-0.1, -0.05) is 6.07 Å². The van der Waals surface area contributed by atoms with Crippen molar-refractivity contribution in [3.05, 3.63) is 44.3 Å². The van der Waals surface area contributed by atoms with Crippen molar-refractivity contribution in [3.63, 3.8) is 0 Å². The van der Waals surface area contributed by atoms with Gasteiger partial charge in [0.05, 0.1) is 18.6 Å². The first kappa shape index (κ1) is 14.4. The molecule has 2 aromatic heterocycles. The molecule has 0 bridgehead atoms. The number of ether oxygens (including phenoxy) is 1. The minimum absolute atomic E-state index is 0.132. The average Bonchev–Trinajstić information content (AvgIpc) is 3.20. The van der Waals surface area contributed by atoms with E-state index in [2.05, 4.69) is 11.4 Å². The second-order valence-corrected chi connectivity index (χ2v) is 8.02. The maximum atomic E-state index is 12.4. The molecule has 0 aliphatic carbocycles. The third-order valence-electron chi connectivity index (χ3n) is 4.77. The number of hydrogen-bond donors (Lipinski definition) is 0. The number of piperidine rings is 1. The predicted molar refractivity (Wildman–Crippen MR) is 89.5 cm³/mol. The van der Waals surface area contributed by atoms with Crippen LogP contribution in [0.2, 0.25) is 0 Å². The Bertz CT molecular complexity index is 654. The molecule has 1 amide bonds. The van der Waals surface area contributed by atoms with Crippen LogP contribution < -0.4 is 0 Å². The van der Waals surface area contributed by atoms with Crippen LogP contribution in [0.5, 0.6) is 0 Å². The van der Waals surface area contributed by atoms with E-state index >= 15 is 0 Å². The van der Waals surface area contributed by atoms with E-state index in [4.69, 9.17) is 4.74 Å². The second kappa shape index (κ2) is 5.80. The molecule has 0 radical (unpaired) electrons. The summed E-state index contributed by atoms with van der Waals surface area (Å²) in [7, 11) is 0. The zero-order valence-electron chi connectivity index (χ0n) is 12.4. The van der Waals surface area contributed by atoms with Gasteiger partial charge >= 0.3 is 0 Å². The summed E-state index contributed by atoms with van der Waals surface area (Å²) in [6.45, 7) is 2.43. The SMILES string of the molecule is O=C(Cc1cccs1)N1CCC2(CC1)OCCc1sccc12. The third-order valence-corrected chi connectivity index (χ3v) is 6.63. The van der Waals surface area contributed by atoms with Gasteiger partial charge in [0.25, 0.3) is 0 Å². The summed E-state index contributed by atoms with van der Waals surface area (Å²) < 4.78 is 6.20. The molecule has 0 unspecified atom stereocenters. The molecule has 2 aromatic rings. The molecule has 4 rings (SSSR count). The van der Waals surface area contributed by atoms with Gasteiger partial charge in [0.2, 0.25) is 5.91 Å². The normalized spacial score (nSPS) is 20.1. The lowest BCUT2D eigenvalue weighted by Gasteiger charge is -2.44. The molecule has 5 heteroatoms. The summed E-state index contributed by atoms with van der Waals surface area (Å²) in [6, 6.07) is 6.27. The molecule has 3 nitrogen and oxygen atoms in total. The van der Waals surface area contributed by atoms with Crippen molar-refractivity contribution in [2.24, 2.45) is 0 Å². The zero-order valence-corrected chi connectivity index (χ0v) is 14.0. The highest BCUT2D eigenvalue weighted by Crippen LogP contribution is 2.43. The Balaban J connectivity index is 1.44. The van der Waals surface area contributed by atoms with E-state index in [1.165, 1.54) is 10.4 Å². The largest absolute Gasteiger partial charge is 0.370 e. The first-order valence-corrected chi connectivity index (χ1v) is 9.54. The van der Waals surface area contributed by atoms with Crippen molar-refractivity contribution < 1.29 is 9.53 Å². The van der Waals surface area contributed by atoms with E-state index in [0.29, 0.717) is 6.42 Å². The van der Waals surface area contributed by atoms with Crippen LogP contribution in [0.3, 0.4) is 0 Å². The first-order valence-electron chi connectivity index (χ1n) is 7.78. The summed E-state index contributed by atoms with van der Waals surface area (Å²) in [5.74, 6) is 0.249. The van der Waals surface area contributed by atoms with Crippen LogP contribution in [0.1, 0.15) is 28.2 Å². The van der Waals surface area contributed by atoms with E-state index < -0.39 is 0 Å². The lowest BCUT2D eigenvalue weighted by atomic mass is 9.82. The van der Waals surface area contributed by atoms with Crippen LogP contribution in [0.25, 0.3) is 0 Å². The van der Waals surface area contributed by atoms with Crippen LogP contribution >= 0.6 is 22.7 Å². The van der Waals surface area contributed by atoms with Gasteiger partial charge < -0.3 is 9.64 Å². The number of carbonyl (C=O) groups excluding carboxylic acids is 1. The molecule has 0 N–H and O–H groups in total. The van der Waals surface area contributed by atoms with Crippen molar-refractivity contribution in [2.45, 2.75) is 31.3 Å². The molecule has 0 aromatic carbocycles. The quantitative estimate of drug-likeness (QED) is 0.842. The lowest BCUT2D eigenvalue weighted by Crippen LogP contribution is -2.48. The minimum Gasteiger partial charge on any atom is -0.370 e. The predicted octanol–water partition coefficient (Wildman–Crippen LogP) is 3.44. The minimum atomic E-state index is -0.132. The monoisotopic (exact) mass is 333 g/mol. The van der Waals surface area contributed by atoms with Gasteiger partial charge in [-0.3, -0.25) is 4.79 Å². The van der Waals surface area contributed by atoms with E-state index in [9.17, 15) is 4.79 Å². The van der Waals surface area contributed by atoms with Crippen molar-refractivity contribution >= 4 is 28.6 Å². The Hall–Kier alpha value is -1.17. The first-order chi connectivity index (χ1) is 10.8. The Labute approximate surface area is 138 Å². The van der Waals surface area contributed by atoms with Gasteiger partial charge in [-0.25, -0.2) is 0 Å². The zero-order chi connectivity index (χ0) is 15.0. The van der Waals surface area contributed by atoms with Crippen LogP contribution in [0, 0.1) is 0 Å². The average molecular weight is 333 g/mol. The molecular formula is C17H19NO2S2. The third kappa shape index (κ3) is 2.51. The molecule has 2 aliphatic heterocycles. The number of hydrogen-bond acceptors (Lipinski definition) is 4. The van der Waals surface area contributed by atoms with Gasteiger partial charge in [-0.2, -0.15) is 0 Å². The Morgan fingerprint density at radius 3 is 2.86 bits per heavy atom. The van der Waals surface area contributed by atoms with E-state index in [1.54, 1.807) is 11.3 Å². The summed E-state index contributed by atoms with van der Waals surface area (Å²) in [5.41, 5.74) is 1.25. The molecule has 116 valence electrons. The molecule has 4 heterocycles. The van der Waals surface area contributed by atoms with Crippen LogP contribution in [-0.4, -0.2) is 30.5 Å². The number of rotatable bonds is 2. The van der Waals surface area contributed by atoms with Gasteiger partial charge in [0, 0.05) is 29.3 Å². The fourth-order valence-electron chi connectivity index (χ4n) is 3.56. The molecule has 0 saturated carbocycles. The van der Waals surface area contributed by atoms with Crippen molar-refractivity contribution in [1.82, 2.24) is 4.90 Å². The number of nitrogens with zero attached hydrogens (tertiary/aromatic N) is 1. The number of carbonyl (C=O) groups is 1. The smallest absolute Gasteiger partial charge is 0.227 e. The number of likely N-dealkylation sites (tertiary alicyclic amines) is 1. The number of fused-ring (bicyclic) bond motifs is 2. The molecule has 1 fully saturated rings. The number of thiophene rings is 2. The highest BCUT2D eigenvalue weighted by molar-refractivity contribution is 7.10. The topological polar surface area (TPSA) is 29.5 Å². The van der Waals surface area contributed by atoms with Crippen molar-refractivity contribution in [1.29, 1.82) is 0 Å². The molecule has 2 aliphatic rings. The van der Waals surface area contributed by atoms with E-state index in [0.717, 1.165) is 43.8 Å². The highest BCUT2D eigenvalue weighted by atomic mass is 32.1. The van der Waals surface area contributed by atoms with Crippen LogP contribution in [-0.2, 0) is 28.0 Å². The van der Waals surface area contributed by atoms with E-state index in [1.807, 2.05) is 33.7 Å². The second-order valence-electron chi connectivity index (χ2n) is 5.99. The maximum absolute atomic E-state index is 12.4. The molecule has 22 heavy (non-hydrogen) atoms. The molecule has 1 spiro atoms. The lowest BCUT2D eigenvalue weighted by molar-refractivity contribution is -0.139. The summed E-state index contributed by atoms with van der Waals surface area (Å²) in [6.07, 6.45) is 3.42. The Morgan fingerprint density at radius 1 is 1.23 bits per heavy atom. The summed E-state index contributed by atoms with van der Waals surface area (Å²) in [5, 5.41) is 4.21. The molecule has 1 saturated heterocycles. The Morgan fingerprint density at radius 2 is 2.09 bits per heavy atom. The van der Waals surface area contributed by atoms with Crippen molar-refractivity contribution in [3.8, 4) is 0 Å². The highest BCUT2D eigenvalue weighted by Gasteiger charge is 2.42. The van der Waals surface area contributed by atoms with Gasteiger partial charge in [0.15, 0.2) is 0 Å².